The highest BCUT2D eigenvalue weighted by atomic mass is 35.5. The molecule has 1 heterocycles. The molecule has 1 amide bonds. The molecular weight excluding hydrogens is 284 g/mol. The number of hydrogen-bond acceptors (Lipinski definition) is 5. The zero-order valence-corrected chi connectivity index (χ0v) is 11.6. The average molecular weight is 299 g/mol. The molecule has 0 bridgehead atoms. The second kappa shape index (κ2) is 6.58. The van der Waals surface area contributed by atoms with E-state index < -0.39 is 5.97 Å². The maximum atomic E-state index is 11.8. The van der Waals surface area contributed by atoms with Crippen molar-refractivity contribution in [2.24, 2.45) is 0 Å². The van der Waals surface area contributed by atoms with Crippen LogP contribution in [0, 0.1) is 0 Å². The van der Waals surface area contributed by atoms with Crippen molar-refractivity contribution in [1.82, 2.24) is 4.90 Å². The van der Waals surface area contributed by atoms with E-state index in [1.807, 2.05) is 0 Å². The van der Waals surface area contributed by atoms with Crippen LogP contribution in [0.5, 0.6) is 0 Å². The molecule has 1 fully saturated rings. The molecule has 0 saturated carbocycles. The Bertz CT molecular complexity index is 515. The van der Waals surface area contributed by atoms with E-state index in [0.717, 1.165) is 0 Å². The number of carbonyl (C=O) groups excluding carboxylic acids is 2. The van der Waals surface area contributed by atoms with Crippen molar-refractivity contribution in [3.8, 4) is 0 Å². The standard InChI is InChI=1S/C13H15ClN2O4/c14-10-3-1-2-9(12(10)15)13(18)20-8-11(17)16-4-6-19-7-5-16/h1-3H,4-8,15H2. The Hall–Kier alpha value is -1.79. The molecular formula is C13H15ClN2O4. The quantitative estimate of drug-likeness (QED) is 0.663. The summed E-state index contributed by atoms with van der Waals surface area (Å²) in [5.41, 5.74) is 6.00. The van der Waals surface area contributed by atoms with Crippen LogP contribution in [0.3, 0.4) is 0 Å². The third-order valence-electron chi connectivity index (χ3n) is 2.96. The van der Waals surface area contributed by atoms with Crippen LogP contribution in [0.2, 0.25) is 5.02 Å². The Labute approximate surface area is 121 Å². The first-order chi connectivity index (χ1) is 9.59. The molecule has 0 aromatic heterocycles. The van der Waals surface area contributed by atoms with Crippen LogP contribution < -0.4 is 5.73 Å². The highest BCUT2D eigenvalue weighted by Crippen LogP contribution is 2.22. The molecule has 6 nitrogen and oxygen atoms in total. The van der Waals surface area contributed by atoms with Gasteiger partial charge >= 0.3 is 5.97 Å². The van der Waals surface area contributed by atoms with Crippen LogP contribution in [0.1, 0.15) is 10.4 Å². The molecule has 1 aliphatic rings. The van der Waals surface area contributed by atoms with Gasteiger partial charge in [0.25, 0.3) is 5.91 Å². The van der Waals surface area contributed by atoms with Gasteiger partial charge in [0.15, 0.2) is 6.61 Å². The lowest BCUT2D eigenvalue weighted by Gasteiger charge is -2.26. The predicted molar refractivity (Wildman–Crippen MR) is 73.5 cm³/mol. The summed E-state index contributed by atoms with van der Waals surface area (Å²) in [5, 5.41) is 0.277. The second-order valence-corrected chi connectivity index (χ2v) is 4.68. The topological polar surface area (TPSA) is 81.9 Å². The Morgan fingerprint density at radius 2 is 2.05 bits per heavy atom. The predicted octanol–water partition coefficient (Wildman–Crippen LogP) is 0.938. The number of benzene rings is 1. The Kier molecular flexibility index (Phi) is 4.81. The van der Waals surface area contributed by atoms with Crippen LogP contribution in [0.15, 0.2) is 18.2 Å². The maximum Gasteiger partial charge on any atom is 0.340 e. The monoisotopic (exact) mass is 298 g/mol. The molecule has 1 aliphatic heterocycles. The van der Waals surface area contributed by atoms with E-state index in [1.54, 1.807) is 17.0 Å². The van der Waals surface area contributed by atoms with Gasteiger partial charge in [-0.15, -0.1) is 0 Å². The van der Waals surface area contributed by atoms with E-state index in [1.165, 1.54) is 6.07 Å². The van der Waals surface area contributed by atoms with Crippen molar-refractivity contribution in [3.05, 3.63) is 28.8 Å². The number of carbonyl (C=O) groups is 2. The highest BCUT2D eigenvalue weighted by molar-refractivity contribution is 6.33. The minimum Gasteiger partial charge on any atom is -0.452 e. The van der Waals surface area contributed by atoms with Gasteiger partial charge in [-0.05, 0) is 12.1 Å². The number of halogens is 1. The Morgan fingerprint density at radius 3 is 2.75 bits per heavy atom. The minimum atomic E-state index is -0.661. The number of nitrogens with zero attached hydrogens (tertiary/aromatic N) is 1. The maximum absolute atomic E-state index is 11.8. The van der Waals surface area contributed by atoms with Crippen molar-refractivity contribution < 1.29 is 19.1 Å². The number of nitrogens with two attached hydrogens (primary N) is 1. The number of para-hydroxylation sites is 1. The van der Waals surface area contributed by atoms with Gasteiger partial charge in [0.1, 0.15) is 0 Å². The van der Waals surface area contributed by atoms with Crippen molar-refractivity contribution in [2.75, 3.05) is 38.6 Å². The van der Waals surface area contributed by atoms with Gasteiger partial charge < -0.3 is 20.1 Å². The summed E-state index contributed by atoms with van der Waals surface area (Å²) in [6.07, 6.45) is 0. The fourth-order valence-electron chi connectivity index (χ4n) is 1.82. The summed E-state index contributed by atoms with van der Waals surface area (Å²) < 4.78 is 10.1. The van der Waals surface area contributed by atoms with Gasteiger partial charge in [-0.25, -0.2) is 4.79 Å². The third kappa shape index (κ3) is 3.40. The summed E-state index contributed by atoms with van der Waals surface area (Å²) in [4.78, 5) is 25.3. The summed E-state index contributed by atoms with van der Waals surface area (Å²) >= 11 is 5.82. The van der Waals surface area contributed by atoms with Crippen LogP contribution >= 0.6 is 11.6 Å². The molecule has 2 rings (SSSR count). The summed E-state index contributed by atoms with van der Waals surface area (Å²) in [6, 6.07) is 4.67. The third-order valence-corrected chi connectivity index (χ3v) is 3.29. The van der Waals surface area contributed by atoms with E-state index in [4.69, 9.17) is 26.8 Å². The summed E-state index contributed by atoms with van der Waals surface area (Å²) in [7, 11) is 0. The van der Waals surface area contributed by atoms with Gasteiger partial charge in [-0.2, -0.15) is 0 Å². The molecule has 0 unspecified atom stereocenters. The van der Waals surface area contributed by atoms with Gasteiger partial charge in [-0.3, -0.25) is 4.79 Å². The second-order valence-electron chi connectivity index (χ2n) is 4.27. The molecule has 108 valence electrons. The SMILES string of the molecule is Nc1c(Cl)cccc1C(=O)OCC(=O)N1CCOCC1. The zero-order valence-electron chi connectivity index (χ0n) is 10.8. The number of amides is 1. The fraction of sp³-hybridized carbons (Fsp3) is 0.385. The molecule has 1 aromatic carbocycles. The molecule has 7 heteroatoms. The summed E-state index contributed by atoms with van der Waals surface area (Å²) in [6.45, 7) is 1.71. The number of esters is 1. The molecule has 1 aromatic rings. The van der Waals surface area contributed by atoms with Crippen molar-refractivity contribution in [1.29, 1.82) is 0 Å². The van der Waals surface area contributed by atoms with Gasteiger partial charge in [0.05, 0.1) is 29.5 Å². The first-order valence-corrected chi connectivity index (χ1v) is 6.54. The van der Waals surface area contributed by atoms with Gasteiger partial charge in [0.2, 0.25) is 0 Å². The van der Waals surface area contributed by atoms with E-state index in [2.05, 4.69) is 0 Å². The normalized spacial score (nSPS) is 14.9. The first-order valence-electron chi connectivity index (χ1n) is 6.16. The average Bonchev–Trinajstić information content (AvgIpc) is 2.48. The largest absolute Gasteiger partial charge is 0.452 e. The smallest absolute Gasteiger partial charge is 0.340 e. The zero-order chi connectivity index (χ0) is 14.5. The molecule has 0 spiro atoms. The minimum absolute atomic E-state index is 0.151. The van der Waals surface area contributed by atoms with Crippen molar-refractivity contribution >= 4 is 29.2 Å². The molecule has 20 heavy (non-hydrogen) atoms. The molecule has 0 radical (unpaired) electrons. The van der Waals surface area contributed by atoms with Gasteiger partial charge in [-0.1, -0.05) is 17.7 Å². The lowest BCUT2D eigenvalue weighted by Crippen LogP contribution is -2.42. The van der Waals surface area contributed by atoms with Crippen LogP contribution in [-0.2, 0) is 14.3 Å². The van der Waals surface area contributed by atoms with E-state index in [0.29, 0.717) is 26.3 Å². The number of ether oxygens (including phenoxy) is 2. The van der Waals surface area contributed by atoms with Crippen molar-refractivity contribution in [2.45, 2.75) is 0 Å². The van der Waals surface area contributed by atoms with E-state index >= 15 is 0 Å². The van der Waals surface area contributed by atoms with Crippen LogP contribution in [0.25, 0.3) is 0 Å². The molecule has 0 atom stereocenters. The van der Waals surface area contributed by atoms with E-state index in [9.17, 15) is 9.59 Å². The highest BCUT2D eigenvalue weighted by Gasteiger charge is 2.20. The number of hydrogen-bond donors (Lipinski definition) is 1. The number of nitrogen functional groups attached to an aromatic ring is 1. The summed E-state index contributed by atoms with van der Waals surface area (Å²) in [5.74, 6) is -0.908. The number of anilines is 1. The van der Waals surface area contributed by atoms with E-state index in [-0.39, 0.29) is 28.8 Å². The molecule has 2 N–H and O–H groups in total. The first kappa shape index (κ1) is 14.6. The van der Waals surface area contributed by atoms with Crippen molar-refractivity contribution in [3.63, 3.8) is 0 Å². The Balaban J connectivity index is 1.91. The lowest BCUT2D eigenvalue weighted by molar-refractivity contribution is -0.138. The Morgan fingerprint density at radius 1 is 1.35 bits per heavy atom. The lowest BCUT2D eigenvalue weighted by atomic mass is 10.2. The number of rotatable bonds is 3. The van der Waals surface area contributed by atoms with Gasteiger partial charge in [0, 0.05) is 13.1 Å². The molecule has 0 aliphatic carbocycles. The fourth-order valence-corrected chi connectivity index (χ4v) is 2.00. The van der Waals surface area contributed by atoms with Crippen LogP contribution in [0.4, 0.5) is 5.69 Å². The molecule has 1 saturated heterocycles. The number of morpholine rings is 1. The van der Waals surface area contributed by atoms with Crippen LogP contribution in [-0.4, -0.2) is 49.7 Å².